The third-order valence-corrected chi connectivity index (χ3v) is 5.47. The first kappa shape index (κ1) is 19.1. The van der Waals surface area contributed by atoms with Gasteiger partial charge < -0.3 is 10.2 Å². The molecule has 0 unspecified atom stereocenters. The monoisotopic (exact) mass is 387 g/mol. The van der Waals surface area contributed by atoms with Crippen LogP contribution in [0.4, 0.5) is 11.5 Å². The average Bonchev–Trinajstić information content (AvgIpc) is 2.77. The number of anilines is 2. The summed E-state index contributed by atoms with van der Waals surface area (Å²) in [6.45, 7) is 5.66. The Morgan fingerprint density at radius 2 is 1.76 bits per heavy atom. The van der Waals surface area contributed by atoms with Crippen LogP contribution in [0.5, 0.6) is 0 Å². The highest BCUT2D eigenvalue weighted by atomic mass is 16.1. The van der Waals surface area contributed by atoms with E-state index in [0.717, 1.165) is 59.8 Å². The molecule has 0 radical (unpaired) electrons. The van der Waals surface area contributed by atoms with Crippen molar-refractivity contribution < 1.29 is 4.79 Å². The number of nitrogens with zero attached hydrogens (tertiary/aromatic N) is 4. The minimum absolute atomic E-state index is 0.0233. The number of hydrogen-bond acceptors (Lipinski definition) is 5. The van der Waals surface area contributed by atoms with Crippen molar-refractivity contribution in [3.63, 3.8) is 0 Å². The molecule has 1 N–H and O–H groups in total. The molecular weight excluding hydrogens is 362 g/mol. The van der Waals surface area contributed by atoms with Crippen LogP contribution in [0.3, 0.4) is 0 Å². The fraction of sp³-hybridized carbons (Fsp3) is 0.304. The summed E-state index contributed by atoms with van der Waals surface area (Å²) in [5.74, 6) is 0.990. The van der Waals surface area contributed by atoms with Gasteiger partial charge in [0.15, 0.2) is 5.82 Å². The van der Waals surface area contributed by atoms with Gasteiger partial charge in [0.2, 0.25) is 5.91 Å². The Hall–Kier alpha value is -3.28. The lowest BCUT2D eigenvalue weighted by atomic mass is 9.95. The van der Waals surface area contributed by atoms with E-state index in [-0.39, 0.29) is 11.8 Å². The van der Waals surface area contributed by atoms with Crippen LogP contribution in [0.15, 0.2) is 54.9 Å². The smallest absolute Gasteiger partial charge is 0.227 e. The maximum atomic E-state index is 12.7. The van der Waals surface area contributed by atoms with E-state index in [4.69, 9.17) is 0 Å². The van der Waals surface area contributed by atoms with Crippen LogP contribution in [0, 0.1) is 19.8 Å². The minimum Gasteiger partial charge on any atom is -0.355 e. The second-order valence-electron chi connectivity index (χ2n) is 7.58. The number of aromatic nitrogens is 3. The second kappa shape index (κ2) is 8.39. The molecule has 1 amide bonds. The van der Waals surface area contributed by atoms with Crippen LogP contribution in [0.1, 0.15) is 24.0 Å². The molecule has 0 spiro atoms. The van der Waals surface area contributed by atoms with Crippen molar-refractivity contribution in [3.8, 4) is 11.3 Å². The van der Waals surface area contributed by atoms with E-state index in [0.29, 0.717) is 0 Å². The first-order chi connectivity index (χ1) is 14.1. The van der Waals surface area contributed by atoms with Crippen LogP contribution >= 0.6 is 0 Å². The number of pyridine rings is 1. The van der Waals surface area contributed by atoms with Gasteiger partial charge in [0.1, 0.15) is 0 Å². The standard InChI is InChI=1S/C23H25N5O/c1-16-3-4-17(2)21(15-16)25-23(29)19-9-13-28(14-10-19)22-6-5-20(26-27-22)18-7-11-24-12-8-18/h3-8,11-12,15,19H,9-10,13-14H2,1-2H3,(H,25,29). The minimum atomic E-state index is 0.0233. The van der Waals surface area contributed by atoms with Crippen LogP contribution in [-0.4, -0.2) is 34.2 Å². The van der Waals surface area contributed by atoms with Gasteiger partial charge in [0.25, 0.3) is 0 Å². The Kier molecular flexibility index (Phi) is 5.51. The fourth-order valence-electron chi connectivity index (χ4n) is 3.65. The SMILES string of the molecule is Cc1ccc(C)c(NC(=O)C2CCN(c3ccc(-c4ccncc4)nn3)CC2)c1. The van der Waals surface area contributed by atoms with Crippen LogP contribution in [0.25, 0.3) is 11.3 Å². The summed E-state index contributed by atoms with van der Waals surface area (Å²) in [7, 11) is 0. The lowest BCUT2D eigenvalue weighted by molar-refractivity contribution is -0.120. The van der Waals surface area contributed by atoms with Crippen molar-refractivity contribution in [2.24, 2.45) is 5.92 Å². The molecular formula is C23H25N5O. The summed E-state index contributed by atoms with van der Waals surface area (Å²) in [5.41, 5.74) is 4.98. The molecule has 1 fully saturated rings. The molecule has 0 atom stereocenters. The van der Waals surface area contributed by atoms with Gasteiger partial charge in [-0.3, -0.25) is 9.78 Å². The summed E-state index contributed by atoms with van der Waals surface area (Å²) >= 11 is 0. The van der Waals surface area contributed by atoms with Crippen molar-refractivity contribution in [2.45, 2.75) is 26.7 Å². The van der Waals surface area contributed by atoms with Gasteiger partial charge in [0, 0.05) is 42.7 Å². The van der Waals surface area contributed by atoms with Gasteiger partial charge in [-0.2, -0.15) is 0 Å². The van der Waals surface area contributed by atoms with Crippen molar-refractivity contribution in [1.82, 2.24) is 15.2 Å². The molecule has 0 saturated carbocycles. The van der Waals surface area contributed by atoms with E-state index in [9.17, 15) is 4.79 Å². The molecule has 148 valence electrons. The molecule has 3 aromatic rings. The zero-order valence-corrected chi connectivity index (χ0v) is 16.8. The number of piperidine rings is 1. The number of nitrogens with one attached hydrogen (secondary N) is 1. The van der Waals surface area contributed by atoms with Gasteiger partial charge >= 0.3 is 0 Å². The normalized spacial score (nSPS) is 14.6. The van der Waals surface area contributed by atoms with Crippen molar-refractivity contribution >= 4 is 17.4 Å². The maximum absolute atomic E-state index is 12.7. The molecule has 6 nitrogen and oxygen atoms in total. The first-order valence-corrected chi connectivity index (χ1v) is 9.97. The molecule has 1 aliphatic rings. The highest BCUT2D eigenvalue weighted by molar-refractivity contribution is 5.93. The topological polar surface area (TPSA) is 71.0 Å². The Balaban J connectivity index is 1.35. The number of aryl methyl sites for hydroxylation is 2. The van der Waals surface area contributed by atoms with Crippen LogP contribution in [0.2, 0.25) is 0 Å². The Bertz CT molecular complexity index is 980. The molecule has 6 heteroatoms. The quantitative estimate of drug-likeness (QED) is 0.732. The van der Waals surface area contributed by atoms with Crippen molar-refractivity contribution in [2.75, 3.05) is 23.3 Å². The second-order valence-corrected chi connectivity index (χ2v) is 7.58. The largest absolute Gasteiger partial charge is 0.355 e. The maximum Gasteiger partial charge on any atom is 0.227 e. The van der Waals surface area contributed by atoms with E-state index < -0.39 is 0 Å². The first-order valence-electron chi connectivity index (χ1n) is 9.97. The third kappa shape index (κ3) is 4.42. The average molecular weight is 387 g/mol. The summed E-state index contributed by atoms with van der Waals surface area (Å²) in [5, 5.41) is 11.9. The Morgan fingerprint density at radius 3 is 2.45 bits per heavy atom. The molecule has 4 rings (SSSR count). The summed E-state index contributed by atoms with van der Waals surface area (Å²) < 4.78 is 0. The number of hydrogen-bond donors (Lipinski definition) is 1. The van der Waals surface area contributed by atoms with Gasteiger partial charge in [-0.05, 0) is 68.1 Å². The van der Waals surface area contributed by atoms with Crippen LogP contribution < -0.4 is 10.2 Å². The fourth-order valence-corrected chi connectivity index (χ4v) is 3.65. The zero-order valence-electron chi connectivity index (χ0n) is 16.8. The molecule has 29 heavy (non-hydrogen) atoms. The zero-order chi connectivity index (χ0) is 20.2. The number of carbonyl (C=O) groups is 1. The highest BCUT2D eigenvalue weighted by Crippen LogP contribution is 2.25. The summed E-state index contributed by atoms with van der Waals surface area (Å²) in [6, 6.07) is 14.0. The van der Waals surface area contributed by atoms with Gasteiger partial charge in [-0.25, -0.2) is 0 Å². The van der Waals surface area contributed by atoms with E-state index in [1.165, 1.54) is 0 Å². The molecule has 1 aliphatic heterocycles. The Labute approximate surface area is 171 Å². The number of rotatable bonds is 4. The molecule has 0 bridgehead atoms. The summed E-state index contributed by atoms with van der Waals surface area (Å²) in [6.07, 6.45) is 5.12. The number of benzene rings is 1. The molecule has 3 heterocycles. The van der Waals surface area contributed by atoms with E-state index in [2.05, 4.69) is 31.5 Å². The van der Waals surface area contributed by atoms with Crippen molar-refractivity contribution in [3.05, 3.63) is 66.0 Å². The van der Waals surface area contributed by atoms with Gasteiger partial charge in [0.05, 0.1) is 5.69 Å². The van der Waals surface area contributed by atoms with E-state index in [1.807, 2.05) is 50.2 Å². The summed E-state index contributed by atoms with van der Waals surface area (Å²) in [4.78, 5) is 18.9. The molecule has 1 aromatic carbocycles. The molecule has 1 saturated heterocycles. The van der Waals surface area contributed by atoms with Crippen molar-refractivity contribution in [1.29, 1.82) is 0 Å². The predicted molar refractivity (Wildman–Crippen MR) is 115 cm³/mol. The predicted octanol–water partition coefficient (Wildman–Crippen LogP) is 4.01. The Morgan fingerprint density at radius 1 is 1.00 bits per heavy atom. The van der Waals surface area contributed by atoms with Gasteiger partial charge in [-0.15, -0.1) is 10.2 Å². The highest BCUT2D eigenvalue weighted by Gasteiger charge is 2.26. The molecule has 0 aliphatic carbocycles. The number of amides is 1. The van der Waals surface area contributed by atoms with Crippen LogP contribution in [-0.2, 0) is 4.79 Å². The molecule has 2 aromatic heterocycles. The van der Waals surface area contributed by atoms with E-state index >= 15 is 0 Å². The number of carbonyl (C=O) groups excluding carboxylic acids is 1. The third-order valence-electron chi connectivity index (χ3n) is 5.47. The lowest BCUT2D eigenvalue weighted by Crippen LogP contribution is -2.38. The van der Waals surface area contributed by atoms with E-state index in [1.54, 1.807) is 12.4 Å². The lowest BCUT2D eigenvalue weighted by Gasteiger charge is -2.32. The van der Waals surface area contributed by atoms with Gasteiger partial charge in [-0.1, -0.05) is 12.1 Å².